The molecule has 1 aromatic carbocycles. The lowest BCUT2D eigenvalue weighted by Gasteiger charge is -2.04. The molecule has 0 fully saturated rings. The molecule has 19 heavy (non-hydrogen) atoms. The standard InChI is InChI=1S/C15H12N2OS/c1-10-15(19-9-17-10)14(18)8-11-6-7-16-13-5-3-2-4-12(11)13/h2-7,9H,8H2,1H3. The minimum absolute atomic E-state index is 0.122. The highest BCUT2D eigenvalue weighted by atomic mass is 32.1. The normalized spacial score (nSPS) is 10.8. The van der Waals surface area contributed by atoms with Gasteiger partial charge in [0.05, 0.1) is 21.6 Å². The monoisotopic (exact) mass is 268 g/mol. The van der Waals surface area contributed by atoms with Gasteiger partial charge in [-0.3, -0.25) is 9.78 Å². The van der Waals surface area contributed by atoms with Gasteiger partial charge in [-0.15, -0.1) is 11.3 Å². The van der Waals surface area contributed by atoms with Gasteiger partial charge in [-0.05, 0) is 24.6 Å². The lowest BCUT2D eigenvalue weighted by Crippen LogP contribution is -2.04. The second-order valence-corrected chi connectivity index (χ2v) is 5.21. The topological polar surface area (TPSA) is 42.9 Å². The predicted octanol–water partition coefficient (Wildman–Crippen LogP) is 3.43. The summed E-state index contributed by atoms with van der Waals surface area (Å²) in [6.45, 7) is 1.87. The van der Waals surface area contributed by atoms with Crippen LogP contribution in [0.1, 0.15) is 20.9 Å². The molecule has 3 rings (SSSR count). The zero-order valence-corrected chi connectivity index (χ0v) is 11.3. The molecule has 0 N–H and O–H groups in total. The summed E-state index contributed by atoms with van der Waals surface area (Å²) >= 11 is 1.41. The van der Waals surface area contributed by atoms with Gasteiger partial charge in [-0.25, -0.2) is 4.98 Å². The van der Waals surface area contributed by atoms with Gasteiger partial charge in [-0.1, -0.05) is 18.2 Å². The molecule has 4 heteroatoms. The maximum Gasteiger partial charge on any atom is 0.179 e. The maximum atomic E-state index is 12.3. The highest BCUT2D eigenvalue weighted by Crippen LogP contribution is 2.20. The van der Waals surface area contributed by atoms with E-state index in [9.17, 15) is 4.79 Å². The van der Waals surface area contributed by atoms with Crippen LogP contribution in [0.3, 0.4) is 0 Å². The Kier molecular flexibility index (Phi) is 3.09. The van der Waals surface area contributed by atoms with E-state index in [0.717, 1.165) is 27.0 Å². The first-order chi connectivity index (χ1) is 9.25. The molecule has 0 spiro atoms. The van der Waals surface area contributed by atoms with Crippen LogP contribution in [0.2, 0.25) is 0 Å². The number of carbonyl (C=O) groups is 1. The van der Waals surface area contributed by atoms with Gasteiger partial charge in [0.25, 0.3) is 0 Å². The first-order valence-corrected chi connectivity index (χ1v) is 6.89. The van der Waals surface area contributed by atoms with E-state index >= 15 is 0 Å². The number of thiazole rings is 1. The number of hydrogen-bond acceptors (Lipinski definition) is 4. The third-order valence-corrected chi connectivity index (χ3v) is 4.06. The molecule has 3 nitrogen and oxygen atoms in total. The van der Waals surface area contributed by atoms with Crippen LogP contribution in [0.5, 0.6) is 0 Å². The first kappa shape index (κ1) is 12.0. The third kappa shape index (κ3) is 2.27. The van der Waals surface area contributed by atoms with Crippen molar-refractivity contribution in [1.29, 1.82) is 0 Å². The van der Waals surface area contributed by atoms with E-state index in [1.807, 2.05) is 37.3 Å². The smallest absolute Gasteiger partial charge is 0.179 e. The number of benzene rings is 1. The van der Waals surface area contributed by atoms with E-state index < -0.39 is 0 Å². The number of pyridine rings is 1. The number of aryl methyl sites for hydroxylation is 1. The highest BCUT2D eigenvalue weighted by molar-refractivity contribution is 7.11. The van der Waals surface area contributed by atoms with Crippen molar-refractivity contribution in [3.05, 3.63) is 58.2 Å². The summed E-state index contributed by atoms with van der Waals surface area (Å²) in [7, 11) is 0. The number of aromatic nitrogens is 2. The second-order valence-electron chi connectivity index (χ2n) is 4.35. The van der Waals surface area contributed by atoms with Crippen LogP contribution in [0.4, 0.5) is 0 Å². The zero-order chi connectivity index (χ0) is 13.2. The summed E-state index contributed by atoms with van der Waals surface area (Å²) in [5.41, 5.74) is 4.47. The van der Waals surface area contributed by atoms with Crippen molar-refractivity contribution in [2.45, 2.75) is 13.3 Å². The number of nitrogens with zero attached hydrogens (tertiary/aromatic N) is 2. The Morgan fingerprint density at radius 1 is 1.21 bits per heavy atom. The zero-order valence-electron chi connectivity index (χ0n) is 10.5. The van der Waals surface area contributed by atoms with Crippen LogP contribution < -0.4 is 0 Å². The fourth-order valence-electron chi connectivity index (χ4n) is 2.13. The highest BCUT2D eigenvalue weighted by Gasteiger charge is 2.13. The third-order valence-electron chi connectivity index (χ3n) is 3.09. The fourth-order valence-corrected chi connectivity index (χ4v) is 2.88. The Balaban J connectivity index is 1.98. The van der Waals surface area contributed by atoms with Crippen molar-refractivity contribution in [3.63, 3.8) is 0 Å². The van der Waals surface area contributed by atoms with Gasteiger partial charge >= 0.3 is 0 Å². The molecule has 0 unspecified atom stereocenters. The molecule has 2 heterocycles. The van der Waals surface area contributed by atoms with Gasteiger partial charge in [0.2, 0.25) is 0 Å². The van der Waals surface area contributed by atoms with Crippen LogP contribution in [-0.2, 0) is 6.42 Å². The number of fused-ring (bicyclic) bond motifs is 1. The average Bonchev–Trinajstić information content (AvgIpc) is 2.85. The van der Waals surface area contributed by atoms with E-state index in [4.69, 9.17) is 0 Å². The van der Waals surface area contributed by atoms with Crippen LogP contribution in [0, 0.1) is 6.92 Å². The van der Waals surface area contributed by atoms with E-state index in [-0.39, 0.29) is 5.78 Å². The summed E-state index contributed by atoms with van der Waals surface area (Å²) in [4.78, 5) is 21.5. The van der Waals surface area contributed by atoms with Gasteiger partial charge in [0.1, 0.15) is 0 Å². The fraction of sp³-hybridized carbons (Fsp3) is 0.133. The molecular formula is C15H12N2OS. The molecule has 0 saturated carbocycles. The number of rotatable bonds is 3. The Morgan fingerprint density at radius 3 is 2.84 bits per heavy atom. The minimum Gasteiger partial charge on any atom is -0.293 e. The van der Waals surface area contributed by atoms with Crippen LogP contribution in [0.15, 0.2) is 42.0 Å². The van der Waals surface area contributed by atoms with E-state index in [2.05, 4.69) is 9.97 Å². The van der Waals surface area contributed by atoms with Crippen molar-refractivity contribution in [3.8, 4) is 0 Å². The Bertz CT molecular complexity index is 743. The maximum absolute atomic E-state index is 12.3. The molecule has 3 aromatic rings. The Morgan fingerprint density at radius 2 is 2.05 bits per heavy atom. The molecular weight excluding hydrogens is 256 g/mol. The van der Waals surface area contributed by atoms with Gasteiger partial charge in [-0.2, -0.15) is 0 Å². The van der Waals surface area contributed by atoms with Crippen molar-refractivity contribution in [1.82, 2.24) is 9.97 Å². The SMILES string of the molecule is Cc1ncsc1C(=O)Cc1ccnc2ccccc12. The quantitative estimate of drug-likeness (QED) is 0.683. The minimum atomic E-state index is 0.122. The number of para-hydroxylation sites is 1. The summed E-state index contributed by atoms with van der Waals surface area (Å²) < 4.78 is 0. The number of ketones is 1. The molecule has 0 saturated heterocycles. The molecule has 0 amide bonds. The molecule has 2 aromatic heterocycles. The summed E-state index contributed by atoms with van der Waals surface area (Å²) in [5, 5.41) is 1.04. The molecule has 94 valence electrons. The molecule has 0 radical (unpaired) electrons. The summed E-state index contributed by atoms with van der Waals surface area (Å²) in [6.07, 6.45) is 2.15. The molecule has 0 aliphatic rings. The molecule has 0 atom stereocenters. The van der Waals surface area contributed by atoms with E-state index in [1.54, 1.807) is 11.7 Å². The Labute approximate surface area is 115 Å². The number of Topliss-reactive ketones (excluding diaryl/α,β-unsaturated/α-hetero) is 1. The van der Waals surface area contributed by atoms with Crippen LogP contribution in [-0.4, -0.2) is 15.8 Å². The second kappa shape index (κ2) is 4.90. The van der Waals surface area contributed by atoms with E-state index in [0.29, 0.717) is 6.42 Å². The average molecular weight is 268 g/mol. The predicted molar refractivity (Wildman–Crippen MR) is 76.6 cm³/mol. The van der Waals surface area contributed by atoms with E-state index in [1.165, 1.54) is 11.3 Å². The summed E-state index contributed by atoms with van der Waals surface area (Å²) in [6, 6.07) is 9.80. The van der Waals surface area contributed by atoms with Gasteiger partial charge in [0.15, 0.2) is 5.78 Å². The summed E-state index contributed by atoms with van der Waals surface area (Å²) in [5.74, 6) is 0.122. The van der Waals surface area contributed by atoms with Crippen molar-refractivity contribution in [2.75, 3.05) is 0 Å². The Hall–Kier alpha value is -2.07. The van der Waals surface area contributed by atoms with Crippen LogP contribution in [0.25, 0.3) is 10.9 Å². The van der Waals surface area contributed by atoms with Crippen molar-refractivity contribution >= 4 is 28.0 Å². The first-order valence-electron chi connectivity index (χ1n) is 6.01. The number of hydrogen-bond donors (Lipinski definition) is 0. The molecule has 0 aliphatic heterocycles. The van der Waals surface area contributed by atoms with Crippen molar-refractivity contribution in [2.24, 2.45) is 0 Å². The lowest BCUT2D eigenvalue weighted by molar-refractivity contribution is 0.0996. The van der Waals surface area contributed by atoms with Crippen molar-refractivity contribution < 1.29 is 4.79 Å². The van der Waals surface area contributed by atoms with Crippen LogP contribution >= 0.6 is 11.3 Å². The van der Waals surface area contributed by atoms with Gasteiger partial charge < -0.3 is 0 Å². The lowest BCUT2D eigenvalue weighted by atomic mass is 10.0. The number of carbonyl (C=O) groups excluding carboxylic acids is 1. The van der Waals surface area contributed by atoms with Gasteiger partial charge in [0, 0.05) is 18.0 Å². The molecule has 0 aliphatic carbocycles. The molecule has 0 bridgehead atoms. The largest absolute Gasteiger partial charge is 0.293 e.